The highest BCUT2D eigenvalue weighted by Crippen LogP contribution is 2.34. The standard InChI is InChI=1S/C18H17N/c19-18-16(14-8-3-1-4-9-14)12-7-13-17(18)15-10-5-2-6-11-15/h1-6,8-12,17,19H,7,13H2. The third-order valence-electron chi connectivity index (χ3n) is 3.73. The third kappa shape index (κ3) is 2.37. The number of hydrogen-bond donors (Lipinski definition) is 1. The summed E-state index contributed by atoms with van der Waals surface area (Å²) >= 11 is 0. The molecule has 1 aliphatic rings. The van der Waals surface area contributed by atoms with Crippen molar-refractivity contribution in [1.29, 1.82) is 5.41 Å². The molecule has 94 valence electrons. The Labute approximate surface area is 114 Å². The van der Waals surface area contributed by atoms with E-state index in [0.29, 0.717) is 0 Å². The highest BCUT2D eigenvalue weighted by Gasteiger charge is 2.23. The maximum absolute atomic E-state index is 8.51. The van der Waals surface area contributed by atoms with Crippen LogP contribution in [0, 0.1) is 5.41 Å². The normalized spacial score (nSPS) is 19.1. The number of benzene rings is 2. The van der Waals surface area contributed by atoms with E-state index in [-0.39, 0.29) is 5.92 Å². The summed E-state index contributed by atoms with van der Waals surface area (Å²) < 4.78 is 0. The molecular formula is C18H17N. The molecule has 0 saturated carbocycles. The van der Waals surface area contributed by atoms with Gasteiger partial charge in [-0.15, -0.1) is 0 Å². The number of allylic oxidation sites excluding steroid dienone is 2. The molecule has 3 rings (SSSR count). The quantitative estimate of drug-likeness (QED) is 0.797. The molecule has 0 aliphatic heterocycles. The molecule has 0 aromatic heterocycles. The van der Waals surface area contributed by atoms with E-state index in [1.54, 1.807) is 0 Å². The largest absolute Gasteiger partial charge is 0.304 e. The van der Waals surface area contributed by atoms with E-state index < -0.39 is 0 Å². The molecule has 2 aromatic carbocycles. The summed E-state index contributed by atoms with van der Waals surface area (Å²) in [6, 6.07) is 20.7. The van der Waals surface area contributed by atoms with Gasteiger partial charge in [-0.05, 0) is 29.5 Å². The number of hydrogen-bond acceptors (Lipinski definition) is 1. The highest BCUT2D eigenvalue weighted by molar-refractivity contribution is 6.25. The van der Waals surface area contributed by atoms with E-state index in [1.165, 1.54) is 5.56 Å². The minimum Gasteiger partial charge on any atom is -0.304 e. The van der Waals surface area contributed by atoms with Crippen LogP contribution in [-0.4, -0.2) is 5.71 Å². The van der Waals surface area contributed by atoms with Crippen LogP contribution in [0.5, 0.6) is 0 Å². The second kappa shape index (κ2) is 5.23. The zero-order chi connectivity index (χ0) is 13.1. The molecule has 0 bridgehead atoms. The van der Waals surface area contributed by atoms with Gasteiger partial charge in [0.15, 0.2) is 0 Å². The van der Waals surface area contributed by atoms with Gasteiger partial charge in [-0.1, -0.05) is 66.7 Å². The van der Waals surface area contributed by atoms with Crippen molar-refractivity contribution in [1.82, 2.24) is 0 Å². The van der Waals surface area contributed by atoms with Crippen LogP contribution >= 0.6 is 0 Å². The first kappa shape index (κ1) is 11.9. The molecule has 1 aliphatic carbocycles. The molecule has 0 radical (unpaired) electrons. The molecular weight excluding hydrogens is 230 g/mol. The Morgan fingerprint density at radius 1 is 0.842 bits per heavy atom. The van der Waals surface area contributed by atoms with Crippen LogP contribution in [-0.2, 0) is 0 Å². The molecule has 0 saturated heterocycles. The van der Waals surface area contributed by atoms with E-state index in [9.17, 15) is 0 Å². The van der Waals surface area contributed by atoms with Crippen LogP contribution in [0.4, 0.5) is 0 Å². The Kier molecular flexibility index (Phi) is 3.28. The first-order valence-corrected chi connectivity index (χ1v) is 6.75. The second-order valence-electron chi connectivity index (χ2n) is 4.94. The van der Waals surface area contributed by atoms with E-state index in [4.69, 9.17) is 5.41 Å². The van der Waals surface area contributed by atoms with Gasteiger partial charge in [0, 0.05) is 11.6 Å². The van der Waals surface area contributed by atoms with Crippen molar-refractivity contribution in [2.45, 2.75) is 18.8 Å². The molecule has 0 fully saturated rings. The Balaban J connectivity index is 1.94. The molecule has 1 nitrogen and oxygen atoms in total. The lowest BCUT2D eigenvalue weighted by Gasteiger charge is -2.24. The van der Waals surface area contributed by atoms with E-state index in [2.05, 4.69) is 42.5 Å². The molecule has 0 amide bonds. The number of nitrogens with one attached hydrogen (secondary N) is 1. The van der Waals surface area contributed by atoms with Gasteiger partial charge >= 0.3 is 0 Å². The maximum atomic E-state index is 8.51. The van der Waals surface area contributed by atoms with Crippen molar-refractivity contribution in [3.63, 3.8) is 0 Å². The van der Waals surface area contributed by atoms with E-state index >= 15 is 0 Å². The summed E-state index contributed by atoms with van der Waals surface area (Å²) in [5.41, 5.74) is 4.27. The Morgan fingerprint density at radius 2 is 1.47 bits per heavy atom. The molecule has 2 aromatic rings. The van der Waals surface area contributed by atoms with Gasteiger partial charge in [0.25, 0.3) is 0 Å². The van der Waals surface area contributed by atoms with Crippen LogP contribution in [0.3, 0.4) is 0 Å². The van der Waals surface area contributed by atoms with Gasteiger partial charge in [0.1, 0.15) is 0 Å². The van der Waals surface area contributed by atoms with Crippen LogP contribution in [0.1, 0.15) is 29.9 Å². The zero-order valence-electron chi connectivity index (χ0n) is 10.8. The van der Waals surface area contributed by atoms with Gasteiger partial charge in [-0.3, -0.25) is 0 Å². The lowest BCUT2D eigenvalue weighted by Crippen LogP contribution is -2.17. The predicted octanol–water partition coefficient (Wildman–Crippen LogP) is 4.67. The summed E-state index contributed by atoms with van der Waals surface area (Å²) in [7, 11) is 0. The highest BCUT2D eigenvalue weighted by atomic mass is 14.5. The smallest absolute Gasteiger partial charge is 0.0463 e. The maximum Gasteiger partial charge on any atom is 0.0463 e. The average molecular weight is 247 g/mol. The fraction of sp³-hybridized carbons (Fsp3) is 0.167. The summed E-state index contributed by atoms with van der Waals surface area (Å²) in [4.78, 5) is 0. The van der Waals surface area contributed by atoms with Crippen molar-refractivity contribution >= 4 is 11.3 Å². The van der Waals surface area contributed by atoms with Gasteiger partial charge in [-0.2, -0.15) is 0 Å². The minimum atomic E-state index is 0.237. The molecule has 0 spiro atoms. The fourth-order valence-corrected chi connectivity index (χ4v) is 2.75. The van der Waals surface area contributed by atoms with Crippen molar-refractivity contribution in [2.24, 2.45) is 0 Å². The summed E-state index contributed by atoms with van der Waals surface area (Å²) in [6.45, 7) is 0. The fourth-order valence-electron chi connectivity index (χ4n) is 2.75. The van der Waals surface area contributed by atoms with Crippen molar-refractivity contribution < 1.29 is 0 Å². The lowest BCUT2D eigenvalue weighted by atomic mass is 9.80. The Morgan fingerprint density at radius 3 is 2.16 bits per heavy atom. The van der Waals surface area contributed by atoms with Crippen LogP contribution < -0.4 is 0 Å². The average Bonchev–Trinajstić information content (AvgIpc) is 2.49. The van der Waals surface area contributed by atoms with Gasteiger partial charge in [0.2, 0.25) is 0 Å². The first-order chi connectivity index (χ1) is 9.36. The van der Waals surface area contributed by atoms with Crippen molar-refractivity contribution in [3.05, 3.63) is 77.9 Å². The van der Waals surface area contributed by atoms with E-state index in [1.807, 2.05) is 24.3 Å². The van der Waals surface area contributed by atoms with E-state index in [0.717, 1.165) is 29.7 Å². The van der Waals surface area contributed by atoms with Gasteiger partial charge in [-0.25, -0.2) is 0 Å². The molecule has 1 unspecified atom stereocenters. The monoisotopic (exact) mass is 247 g/mol. The summed E-state index contributed by atoms with van der Waals surface area (Å²) in [5, 5.41) is 8.51. The first-order valence-electron chi connectivity index (χ1n) is 6.75. The van der Waals surface area contributed by atoms with Gasteiger partial charge in [0.05, 0.1) is 0 Å². The summed E-state index contributed by atoms with van der Waals surface area (Å²) in [5.74, 6) is 0.237. The van der Waals surface area contributed by atoms with Crippen molar-refractivity contribution in [2.75, 3.05) is 0 Å². The number of rotatable bonds is 2. The Hall–Kier alpha value is -2.15. The second-order valence-corrected chi connectivity index (χ2v) is 4.94. The summed E-state index contributed by atoms with van der Waals surface area (Å²) in [6.07, 6.45) is 4.29. The topological polar surface area (TPSA) is 23.9 Å². The molecule has 0 heterocycles. The molecule has 1 heteroatoms. The zero-order valence-corrected chi connectivity index (χ0v) is 10.8. The van der Waals surface area contributed by atoms with Crippen LogP contribution in [0.2, 0.25) is 0 Å². The van der Waals surface area contributed by atoms with Gasteiger partial charge < -0.3 is 5.41 Å². The minimum absolute atomic E-state index is 0.237. The SMILES string of the molecule is N=C1C(c2ccccc2)=CCCC1c1ccccc1. The molecule has 1 atom stereocenters. The van der Waals surface area contributed by atoms with Crippen LogP contribution in [0.15, 0.2) is 66.7 Å². The third-order valence-corrected chi connectivity index (χ3v) is 3.73. The lowest BCUT2D eigenvalue weighted by molar-refractivity contribution is 0.771. The van der Waals surface area contributed by atoms with Crippen LogP contribution in [0.25, 0.3) is 5.57 Å². The van der Waals surface area contributed by atoms with Crippen molar-refractivity contribution in [3.8, 4) is 0 Å². The molecule has 1 N–H and O–H groups in total. The Bertz CT molecular complexity index is 596. The predicted molar refractivity (Wildman–Crippen MR) is 80.6 cm³/mol. The molecule has 19 heavy (non-hydrogen) atoms.